The van der Waals surface area contributed by atoms with Gasteiger partial charge in [-0.1, -0.05) is 26.7 Å². The molecule has 0 aromatic carbocycles. The van der Waals surface area contributed by atoms with E-state index in [0.29, 0.717) is 0 Å². The minimum Gasteiger partial charge on any atom is -0.394 e. The largest absolute Gasteiger partial charge is 0.394 e. The number of nitrogens with one attached hydrogen (secondary N) is 1. The molecule has 0 radical (unpaired) electrons. The number of hydrogen-bond acceptors (Lipinski definition) is 8. The Labute approximate surface area is 174 Å². The van der Waals surface area contributed by atoms with E-state index in [1.54, 1.807) is 6.34 Å². The van der Waals surface area contributed by atoms with Crippen LogP contribution in [-0.4, -0.2) is 84.1 Å². The Bertz CT molecular complexity index is 904. The zero-order valence-electron chi connectivity index (χ0n) is 17.3. The molecule has 4 N–H and O–H groups in total. The van der Waals surface area contributed by atoms with E-state index in [1.807, 2.05) is 0 Å². The van der Waals surface area contributed by atoms with Gasteiger partial charge in [-0.2, -0.15) is 4.98 Å². The molecule has 166 valence electrons. The topological polar surface area (TPSA) is 149 Å². The lowest BCUT2D eigenvalue weighted by molar-refractivity contribution is -0.0511. The lowest BCUT2D eigenvalue weighted by atomic mass is 10.1. The molecule has 1 saturated heterocycles. The van der Waals surface area contributed by atoms with E-state index in [4.69, 9.17) is 4.74 Å². The van der Waals surface area contributed by atoms with E-state index in [1.165, 1.54) is 10.9 Å². The number of aromatic amines is 1. The summed E-state index contributed by atoms with van der Waals surface area (Å²) in [5, 5.41) is 29.6. The van der Waals surface area contributed by atoms with Crippen molar-refractivity contribution in [3.05, 3.63) is 16.7 Å². The van der Waals surface area contributed by atoms with Gasteiger partial charge in [0.25, 0.3) is 5.56 Å². The molecule has 11 nitrogen and oxygen atoms in total. The molecule has 3 rings (SSSR count). The Morgan fingerprint density at radius 3 is 2.57 bits per heavy atom. The molecule has 11 heteroatoms. The first-order chi connectivity index (χ1) is 14.5. The molecule has 3 heterocycles. The van der Waals surface area contributed by atoms with Crippen LogP contribution in [0, 0.1) is 0 Å². The summed E-state index contributed by atoms with van der Waals surface area (Å²) >= 11 is 0. The van der Waals surface area contributed by atoms with E-state index in [-0.39, 0.29) is 17.1 Å². The van der Waals surface area contributed by atoms with Crippen molar-refractivity contribution in [1.82, 2.24) is 24.4 Å². The monoisotopic (exact) mass is 422 g/mol. The van der Waals surface area contributed by atoms with Crippen molar-refractivity contribution < 1.29 is 20.1 Å². The maximum Gasteiger partial charge on any atom is 0.280 e. The molecular weight excluding hydrogens is 392 g/mol. The second-order valence-electron chi connectivity index (χ2n) is 7.43. The zero-order valence-corrected chi connectivity index (χ0v) is 17.3. The van der Waals surface area contributed by atoms with Crippen molar-refractivity contribution >= 4 is 23.5 Å². The number of nitrogens with zero attached hydrogens (tertiary/aromatic N) is 5. The third kappa shape index (κ3) is 4.69. The second-order valence-corrected chi connectivity index (χ2v) is 7.43. The summed E-state index contributed by atoms with van der Waals surface area (Å²) in [6.07, 6.45) is 2.69. The molecule has 0 aliphatic carbocycles. The molecule has 0 spiro atoms. The van der Waals surface area contributed by atoms with Crippen LogP contribution in [-0.2, 0) is 4.74 Å². The van der Waals surface area contributed by atoms with Crippen molar-refractivity contribution in [2.45, 2.75) is 64.1 Å². The van der Waals surface area contributed by atoms with Gasteiger partial charge in [0.05, 0.1) is 19.3 Å². The van der Waals surface area contributed by atoms with Crippen molar-refractivity contribution in [2.24, 2.45) is 4.99 Å². The molecular formula is C19H30N6O5. The van der Waals surface area contributed by atoms with Crippen molar-refractivity contribution in [2.75, 3.05) is 19.7 Å². The highest BCUT2D eigenvalue weighted by atomic mass is 16.6. The van der Waals surface area contributed by atoms with Crippen LogP contribution >= 0.6 is 0 Å². The lowest BCUT2D eigenvalue weighted by Gasteiger charge is -2.18. The first-order valence-corrected chi connectivity index (χ1v) is 10.4. The van der Waals surface area contributed by atoms with Gasteiger partial charge in [-0.05, 0) is 12.8 Å². The third-order valence-electron chi connectivity index (χ3n) is 5.15. The van der Waals surface area contributed by atoms with Gasteiger partial charge >= 0.3 is 0 Å². The molecule has 4 atom stereocenters. The fourth-order valence-corrected chi connectivity index (χ4v) is 3.36. The van der Waals surface area contributed by atoms with Crippen LogP contribution in [0.3, 0.4) is 0 Å². The van der Waals surface area contributed by atoms with Crippen LogP contribution in [0.4, 0.5) is 5.95 Å². The van der Waals surface area contributed by atoms with Crippen molar-refractivity contribution in [3.63, 3.8) is 0 Å². The van der Waals surface area contributed by atoms with E-state index in [9.17, 15) is 20.1 Å². The quantitative estimate of drug-likeness (QED) is 0.315. The molecule has 0 amide bonds. The van der Waals surface area contributed by atoms with Gasteiger partial charge in [0.15, 0.2) is 17.4 Å². The summed E-state index contributed by atoms with van der Waals surface area (Å²) in [7, 11) is 0. The number of ether oxygens (including phenoxy) is 1. The molecule has 1 aliphatic heterocycles. The van der Waals surface area contributed by atoms with Gasteiger partial charge < -0.3 is 25.0 Å². The molecule has 0 bridgehead atoms. The Hall–Kier alpha value is -2.34. The highest BCUT2D eigenvalue weighted by molar-refractivity contribution is 5.71. The fourth-order valence-electron chi connectivity index (χ4n) is 3.36. The number of unbranched alkanes of at least 4 members (excludes halogenated alkanes) is 2. The Morgan fingerprint density at radius 2 is 1.97 bits per heavy atom. The molecule has 1 fully saturated rings. The van der Waals surface area contributed by atoms with Gasteiger partial charge in [-0.25, -0.2) is 9.98 Å². The number of fused-ring (bicyclic) bond motifs is 1. The van der Waals surface area contributed by atoms with Crippen LogP contribution in [0.2, 0.25) is 0 Å². The highest BCUT2D eigenvalue weighted by Gasteiger charge is 2.44. The number of rotatable bonds is 10. The molecule has 0 saturated carbocycles. The average molecular weight is 422 g/mol. The summed E-state index contributed by atoms with van der Waals surface area (Å²) in [5.74, 6) is 0.110. The number of aromatic nitrogens is 4. The summed E-state index contributed by atoms with van der Waals surface area (Å²) in [4.78, 5) is 29.9. The van der Waals surface area contributed by atoms with Gasteiger partial charge in [-0.15, -0.1) is 0 Å². The fraction of sp³-hybridized carbons (Fsp3) is 0.684. The van der Waals surface area contributed by atoms with Gasteiger partial charge in [0.2, 0.25) is 5.95 Å². The van der Waals surface area contributed by atoms with E-state index in [2.05, 4.69) is 38.7 Å². The Balaban J connectivity index is 1.89. The summed E-state index contributed by atoms with van der Waals surface area (Å²) in [6.45, 7) is 5.54. The number of hydrogen-bond donors (Lipinski definition) is 4. The average Bonchev–Trinajstić information content (AvgIpc) is 3.29. The minimum atomic E-state index is -1.30. The summed E-state index contributed by atoms with van der Waals surface area (Å²) < 4.78 is 6.90. The third-order valence-corrected chi connectivity index (χ3v) is 5.15. The highest BCUT2D eigenvalue weighted by Crippen LogP contribution is 2.30. The van der Waals surface area contributed by atoms with E-state index < -0.39 is 36.7 Å². The minimum absolute atomic E-state index is 0.0699. The lowest BCUT2D eigenvalue weighted by Crippen LogP contribution is -2.33. The number of H-pyrrole nitrogens is 1. The first-order valence-electron chi connectivity index (χ1n) is 10.4. The van der Waals surface area contributed by atoms with Gasteiger partial charge in [0, 0.05) is 13.1 Å². The second kappa shape index (κ2) is 10.1. The number of aliphatic imine (C=N–C) groups is 1. The normalized spacial score (nSPS) is 24.3. The Kier molecular flexibility index (Phi) is 7.53. The smallest absolute Gasteiger partial charge is 0.280 e. The SMILES string of the molecule is CCCCN(/C=N/c1nc2c(ncn2[C@H]2O[C@@H](CO)[C@H](O)[C@@H]2O)c(=O)[nH]1)CCCC. The molecule has 2 aromatic heterocycles. The Morgan fingerprint density at radius 1 is 1.27 bits per heavy atom. The van der Waals surface area contributed by atoms with E-state index >= 15 is 0 Å². The maximum atomic E-state index is 12.4. The van der Waals surface area contributed by atoms with Crippen molar-refractivity contribution in [1.29, 1.82) is 0 Å². The number of aliphatic hydroxyl groups excluding tert-OH is 3. The molecule has 0 unspecified atom stereocenters. The summed E-state index contributed by atoms with van der Waals surface area (Å²) in [5.41, 5.74) is -0.221. The molecule has 2 aromatic rings. The molecule has 1 aliphatic rings. The number of aliphatic hydroxyl groups is 3. The van der Waals surface area contributed by atoms with E-state index in [0.717, 1.165) is 38.8 Å². The van der Waals surface area contributed by atoms with Crippen LogP contribution in [0.1, 0.15) is 45.8 Å². The maximum absolute atomic E-state index is 12.4. The predicted octanol–water partition coefficient (Wildman–Crippen LogP) is 0.293. The van der Waals surface area contributed by atoms with Crippen molar-refractivity contribution in [3.8, 4) is 0 Å². The predicted molar refractivity (Wildman–Crippen MR) is 111 cm³/mol. The number of imidazole rings is 1. The van der Waals surface area contributed by atoms with Crippen LogP contribution < -0.4 is 5.56 Å². The van der Waals surface area contributed by atoms with Gasteiger partial charge in [0.1, 0.15) is 18.3 Å². The summed E-state index contributed by atoms with van der Waals surface area (Å²) in [6, 6.07) is 0. The zero-order chi connectivity index (χ0) is 21.7. The van der Waals surface area contributed by atoms with Gasteiger partial charge in [-0.3, -0.25) is 14.3 Å². The van der Waals surface area contributed by atoms with Crippen LogP contribution in [0.5, 0.6) is 0 Å². The standard InChI is InChI=1S/C19H30N6O5/c1-3-5-7-24(8-6-4-2)10-21-19-22-16-13(17(29)23-19)20-11-25(16)18-15(28)14(27)12(9-26)30-18/h10-12,14-15,18,26-28H,3-9H2,1-2H3,(H,22,23,29)/b21-10+/t12-,14-,15-,18-/m0/s1. The van der Waals surface area contributed by atoms with Crippen LogP contribution in [0.15, 0.2) is 16.1 Å². The molecule has 30 heavy (non-hydrogen) atoms. The first kappa shape index (κ1) is 22.3. The van der Waals surface area contributed by atoms with Crippen LogP contribution in [0.25, 0.3) is 11.2 Å².